The van der Waals surface area contributed by atoms with Crippen molar-refractivity contribution in [2.24, 2.45) is 11.8 Å². The summed E-state index contributed by atoms with van der Waals surface area (Å²) in [6.45, 7) is 4.20. The maximum absolute atomic E-state index is 12.7. The van der Waals surface area contributed by atoms with Gasteiger partial charge in [-0.3, -0.25) is 14.4 Å². The van der Waals surface area contributed by atoms with E-state index in [1.807, 2.05) is 13.8 Å². The summed E-state index contributed by atoms with van der Waals surface area (Å²) in [6, 6.07) is -1.97. The molecule has 0 radical (unpaired) electrons. The monoisotopic (exact) mass is 398 g/mol. The molecule has 2 aliphatic rings. The van der Waals surface area contributed by atoms with Gasteiger partial charge in [0.1, 0.15) is 6.04 Å². The predicted molar refractivity (Wildman–Crippen MR) is 99.2 cm³/mol. The van der Waals surface area contributed by atoms with Crippen molar-refractivity contribution in [1.82, 2.24) is 21.3 Å². The van der Waals surface area contributed by atoms with Gasteiger partial charge in [0.2, 0.25) is 11.8 Å². The minimum atomic E-state index is -1.53. The molecule has 1 saturated heterocycles. The van der Waals surface area contributed by atoms with E-state index in [9.17, 15) is 24.3 Å². The van der Waals surface area contributed by atoms with E-state index >= 15 is 0 Å². The predicted octanol–water partition coefficient (Wildman–Crippen LogP) is -0.681. The third kappa shape index (κ3) is 6.66. The van der Waals surface area contributed by atoms with E-state index in [1.165, 1.54) is 0 Å². The molecule has 0 bridgehead atoms. The molecule has 1 aliphatic heterocycles. The third-order valence-corrected chi connectivity index (χ3v) is 4.92. The van der Waals surface area contributed by atoms with E-state index in [1.54, 1.807) is 0 Å². The van der Waals surface area contributed by atoms with Crippen LogP contribution in [0.4, 0.5) is 4.79 Å². The van der Waals surface area contributed by atoms with Crippen LogP contribution in [0.25, 0.3) is 0 Å². The Morgan fingerprint density at radius 2 is 1.82 bits per heavy atom. The molecular formula is C18H30N4O6. The van der Waals surface area contributed by atoms with E-state index in [2.05, 4.69) is 21.3 Å². The normalized spacial score (nSPS) is 22.1. The van der Waals surface area contributed by atoms with Crippen LogP contribution in [0, 0.1) is 11.8 Å². The molecule has 0 aromatic heterocycles. The molecule has 0 aromatic carbocycles. The van der Waals surface area contributed by atoms with E-state index < -0.39 is 42.0 Å². The summed E-state index contributed by atoms with van der Waals surface area (Å²) < 4.78 is 0. The van der Waals surface area contributed by atoms with Crippen molar-refractivity contribution in [3.63, 3.8) is 0 Å². The summed E-state index contributed by atoms with van der Waals surface area (Å²) in [5, 5.41) is 29.6. The van der Waals surface area contributed by atoms with Crippen LogP contribution < -0.4 is 21.3 Å². The van der Waals surface area contributed by atoms with Gasteiger partial charge in [0.15, 0.2) is 6.10 Å². The summed E-state index contributed by atoms with van der Waals surface area (Å²) in [5.74, 6) is -1.79. The number of hydrogen-bond donors (Lipinski definition) is 6. The Balaban J connectivity index is 2.08. The third-order valence-electron chi connectivity index (χ3n) is 4.92. The Morgan fingerprint density at radius 3 is 2.32 bits per heavy atom. The second kappa shape index (κ2) is 9.72. The fourth-order valence-electron chi connectivity index (χ4n) is 3.28. The number of nitrogens with one attached hydrogen (secondary N) is 4. The van der Waals surface area contributed by atoms with Crippen LogP contribution in [0.2, 0.25) is 0 Å². The van der Waals surface area contributed by atoms with Crippen molar-refractivity contribution in [3.05, 3.63) is 0 Å². The fraction of sp³-hybridized carbons (Fsp3) is 0.778. The van der Waals surface area contributed by atoms with Gasteiger partial charge in [-0.25, -0.2) is 4.79 Å². The van der Waals surface area contributed by atoms with Crippen molar-refractivity contribution in [3.8, 4) is 0 Å². The van der Waals surface area contributed by atoms with E-state index in [0.29, 0.717) is 13.0 Å². The lowest BCUT2D eigenvalue weighted by molar-refractivity contribution is -0.134. The van der Waals surface area contributed by atoms with Crippen molar-refractivity contribution in [2.75, 3.05) is 6.54 Å². The van der Waals surface area contributed by atoms with Gasteiger partial charge < -0.3 is 31.5 Å². The minimum absolute atomic E-state index is 0.0376. The summed E-state index contributed by atoms with van der Waals surface area (Å²) >= 11 is 0. The standard InChI is InChI=1S/C18H30N4O6/c1-9(2)7-13(22-18(27)28)16(25)21-12(8-10-5-6-19-15(10)24)14(23)17(26)20-11-3-4-11/h9-14,22-23H,3-8H2,1-2H3,(H,19,24)(H,20,26)(H,21,25)(H,27,28)/t10?,12-,13-,14?/m0/s1. The lowest BCUT2D eigenvalue weighted by atomic mass is 9.93. The van der Waals surface area contributed by atoms with E-state index in [4.69, 9.17) is 5.11 Å². The molecule has 1 saturated carbocycles. The zero-order chi connectivity index (χ0) is 20.8. The zero-order valence-corrected chi connectivity index (χ0v) is 16.2. The Hall–Kier alpha value is -2.36. The van der Waals surface area contributed by atoms with Crippen LogP contribution in [0.3, 0.4) is 0 Å². The molecule has 4 atom stereocenters. The molecule has 6 N–H and O–H groups in total. The molecule has 10 nitrogen and oxygen atoms in total. The first-order valence-electron chi connectivity index (χ1n) is 9.73. The van der Waals surface area contributed by atoms with Crippen LogP contribution in [0.1, 0.15) is 46.0 Å². The molecule has 2 rings (SSSR count). The maximum atomic E-state index is 12.7. The largest absolute Gasteiger partial charge is 0.465 e. The zero-order valence-electron chi connectivity index (χ0n) is 16.2. The van der Waals surface area contributed by atoms with E-state index in [-0.39, 0.29) is 30.7 Å². The number of aliphatic hydroxyl groups is 1. The molecule has 0 aromatic rings. The lowest BCUT2D eigenvalue weighted by Crippen LogP contribution is -2.56. The SMILES string of the molecule is CC(C)C[C@H](NC(=O)O)C(=O)N[C@@H](CC1CCNC1=O)C(O)C(=O)NC1CC1. The second-order valence-corrected chi connectivity index (χ2v) is 7.99. The molecule has 4 amide bonds. The first kappa shape index (κ1) is 21.9. The summed E-state index contributed by atoms with van der Waals surface area (Å²) in [6.07, 6.45) is -0.261. The minimum Gasteiger partial charge on any atom is -0.465 e. The molecular weight excluding hydrogens is 368 g/mol. The van der Waals surface area contributed by atoms with Gasteiger partial charge in [-0.2, -0.15) is 0 Å². The highest BCUT2D eigenvalue weighted by molar-refractivity contribution is 5.88. The Kier molecular flexibility index (Phi) is 7.61. The smallest absolute Gasteiger partial charge is 0.405 e. The topological polar surface area (TPSA) is 157 Å². The highest BCUT2D eigenvalue weighted by Gasteiger charge is 2.37. The summed E-state index contributed by atoms with van der Waals surface area (Å²) in [4.78, 5) is 47.9. The summed E-state index contributed by atoms with van der Waals surface area (Å²) in [7, 11) is 0. The van der Waals surface area contributed by atoms with Gasteiger partial charge >= 0.3 is 6.09 Å². The van der Waals surface area contributed by atoms with Crippen LogP contribution >= 0.6 is 0 Å². The van der Waals surface area contributed by atoms with Gasteiger partial charge in [0.25, 0.3) is 5.91 Å². The number of carboxylic acid groups (broad SMARTS) is 1. The Labute approximate surface area is 163 Å². The number of aliphatic hydroxyl groups excluding tert-OH is 1. The van der Waals surface area contributed by atoms with Gasteiger partial charge in [0, 0.05) is 18.5 Å². The average molecular weight is 398 g/mol. The first-order valence-corrected chi connectivity index (χ1v) is 9.73. The number of rotatable bonds is 10. The quantitative estimate of drug-likeness (QED) is 0.286. The molecule has 0 spiro atoms. The van der Waals surface area contributed by atoms with Crippen LogP contribution in [0.5, 0.6) is 0 Å². The molecule has 28 heavy (non-hydrogen) atoms. The lowest BCUT2D eigenvalue weighted by Gasteiger charge is -2.28. The number of amides is 4. The van der Waals surface area contributed by atoms with Gasteiger partial charge in [0.05, 0.1) is 6.04 Å². The van der Waals surface area contributed by atoms with Crippen LogP contribution in [-0.2, 0) is 14.4 Å². The number of hydrogen-bond acceptors (Lipinski definition) is 5. The average Bonchev–Trinajstić information content (AvgIpc) is 3.32. The van der Waals surface area contributed by atoms with E-state index in [0.717, 1.165) is 12.8 Å². The highest BCUT2D eigenvalue weighted by Crippen LogP contribution is 2.21. The molecule has 1 heterocycles. The number of carbonyl (C=O) groups excluding carboxylic acids is 3. The number of carbonyl (C=O) groups is 4. The Morgan fingerprint density at radius 1 is 1.14 bits per heavy atom. The van der Waals surface area contributed by atoms with Crippen molar-refractivity contribution < 1.29 is 29.4 Å². The van der Waals surface area contributed by atoms with Crippen molar-refractivity contribution in [2.45, 2.75) is 70.2 Å². The maximum Gasteiger partial charge on any atom is 0.405 e. The molecule has 158 valence electrons. The van der Waals surface area contributed by atoms with Crippen LogP contribution in [0.15, 0.2) is 0 Å². The second-order valence-electron chi connectivity index (χ2n) is 7.99. The summed E-state index contributed by atoms with van der Waals surface area (Å²) in [5.41, 5.74) is 0. The van der Waals surface area contributed by atoms with Crippen molar-refractivity contribution in [1.29, 1.82) is 0 Å². The van der Waals surface area contributed by atoms with Gasteiger partial charge in [-0.1, -0.05) is 13.8 Å². The Bertz CT molecular complexity index is 607. The molecule has 1 aliphatic carbocycles. The van der Waals surface area contributed by atoms with Gasteiger partial charge in [-0.05, 0) is 38.0 Å². The fourth-order valence-corrected chi connectivity index (χ4v) is 3.28. The highest BCUT2D eigenvalue weighted by atomic mass is 16.4. The van der Waals surface area contributed by atoms with Crippen molar-refractivity contribution >= 4 is 23.8 Å². The van der Waals surface area contributed by atoms with Crippen LogP contribution in [-0.4, -0.2) is 64.8 Å². The first-order chi connectivity index (χ1) is 13.2. The molecule has 2 fully saturated rings. The molecule has 2 unspecified atom stereocenters. The molecule has 10 heteroatoms. The van der Waals surface area contributed by atoms with Gasteiger partial charge in [-0.15, -0.1) is 0 Å².